The Morgan fingerprint density at radius 2 is 1.89 bits per heavy atom. The topological polar surface area (TPSA) is 70.1 Å². The first-order valence-electron chi connectivity index (χ1n) is 6.30. The first-order valence-corrected chi connectivity index (χ1v) is 6.30. The molecule has 0 aromatic heterocycles. The van der Waals surface area contributed by atoms with Gasteiger partial charge in [-0.3, -0.25) is 14.5 Å². The largest absolute Gasteiger partial charge is 0.480 e. The van der Waals surface area contributed by atoms with Gasteiger partial charge in [0, 0.05) is 46.3 Å². The number of carboxylic acid groups (broad SMARTS) is 1. The van der Waals surface area contributed by atoms with Crippen molar-refractivity contribution in [3.8, 4) is 0 Å². The maximum Gasteiger partial charge on any atom is 0.320 e. The van der Waals surface area contributed by atoms with Gasteiger partial charge < -0.3 is 14.7 Å². The molecule has 1 fully saturated rings. The molecule has 1 amide bonds. The van der Waals surface area contributed by atoms with Crippen LogP contribution in [0.4, 0.5) is 0 Å². The fraction of sp³-hybridized carbons (Fsp3) is 0.833. The van der Waals surface area contributed by atoms with Gasteiger partial charge in [0.25, 0.3) is 0 Å². The highest BCUT2D eigenvalue weighted by atomic mass is 16.5. The fourth-order valence-electron chi connectivity index (χ4n) is 2.04. The van der Waals surface area contributed by atoms with Crippen molar-refractivity contribution in [1.29, 1.82) is 0 Å². The molecule has 104 valence electrons. The van der Waals surface area contributed by atoms with Crippen molar-refractivity contribution < 1.29 is 19.4 Å². The molecule has 0 bridgehead atoms. The molecule has 0 saturated carbocycles. The summed E-state index contributed by atoms with van der Waals surface area (Å²) in [5.41, 5.74) is 0. The molecule has 1 atom stereocenters. The number of hydrogen-bond acceptors (Lipinski definition) is 4. The predicted molar refractivity (Wildman–Crippen MR) is 66.4 cm³/mol. The van der Waals surface area contributed by atoms with E-state index in [4.69, 9.17) is 9.84 Å². The van der Waals surface area contributed by atoms with Crippen LogP contribution in [0.25, 0.3) is 0 Å². The Morgan fingerprint density at radius 1 is 1.28 bits per heavy atom. The van der Waals surface area contributed by atoms with E-state index in [1.807, 2.05) is 4.90 Å². The highest BCUT2D eigenvalue weighted by molar-refractivity contribution is 5.76. The Kier molecular flexibility index (Phi) is 6.07. The molecule has 1 unspecified atom stereocenters. The van der Waals surface area contributed by atoms with Crippen molar-refractivity contribution in [1.82, 2.24) is 9.80 Å². The van der Waals surface area contributed by atoms with Gasteiger partial charge in [0.2, 0.25) is 5.91 Å². The van der Waals surface area contributed by atoms with Gasteiger partial charge in [0.1, 0.15) is 6.04 Å². The number of amides is 1. The van der Waals surface area contributed by atoms with Gasteiger partial charge in [0.15, 0.2) is 0 Å². The molecule has 0 aromatic carbocycles. The summed E-state index contributed by atoms with van der Waals surface area (Å²) < 4.78 is 4.91. The van der Waals surface area contributed by atoms with E-state index in [1.54, 1.807) is 18.9 Å². The van der Waals surface area contributed by atoms with Crippen LogP contribution in [0.1, 0.15) is 19.8 Å². The van der Waals surface area contributed by atoms with Crippen LogP contribution in [-0.4, -0.2) is 72.7 Å². The van der Waals surface area contributed by atoms with Gasteiger partial charge in [-0.15, -0.1) is 0 Å². The number of carbonyl (C=O) groups is 2. The van der Waals surface area contributed by atoms with E-state index in [2.05, 4.69) is 0 Å². The quantitative estimate of drug-likeness (QED) is 0.681. The Hall–Kier alpha value is -1.14. The second-order valence-electron chi connectivity index (χ2n) is 4.53. The summed E-state index contributed by atoms with van der Waals surface area (Å²) in [5, 5.41) is 8.92. The normalized spacial score (nSPS) is 18.7. The molecule has 6 nitrogen and oxygen atoms in total. The Bertz CT molecular complexity index is 288. The standard InChI is InChI=1S/C12H22N2O4/c1-10(12(16)17)13-5-7-14(8-6-13)11(15)4-3-9-18-2/h10H,3-9H2,1-2H3,(H,16,17). The zero-order valence-electron chi connectivity index (χ0n) is 11.1. The van der Waals surface area contributed by atoms with Gasteiger partial charge >= 0.3 is 5.97 Å². The highest BCUT2D eigenvalue weighted by Gasteiger charge is 2.26. The maximum atomic E-state index is 11.8. The van der Waals surface area contributed by atoms with Crippen molar-refractivity contribution in [2.45, 2.75) is 25.8 Å². The van der Waals surface area contributed by atoms with E-state index in [0.29, 0.717) is 39.2 Å². The molecule has 1 heterocycles. The SMILES string of the molecule is COCCCC(=O)N1CCN(C(C)C(=O)O)CC1. The lowest BCUT2D eigenvalue weighted by molar-refractivity contribution is -0.144. The van der Waals surface area contributed by atoms with Gasteiger partial charge in [-0.05, 0) is 13.3 Å². The van der Waals surface area contributed by atoms with Crippen LogP contribution < -0.4 is 0 Å². The number of carbonyl (C=O) groups excluding carboxylic acids is 1. The molecular weight excluding hydrogens is 236 g/mol. The number of aliphatic carboxylic acids is 1. The molecule has 1 rings (SSSR count). The molecule has 0 radical (unpaired) electrons. The zero-order valence-corrected chi connectivity index (χ0v) is 11.1. The molecule has 0 spiro atoms. The lowest BCUT2D eigenvalue weighted by Gasteiger charge is -2.36. The first kappa shape index (κ1) is 14.9. The molecule has 1 aliphatic rings. The lowest BCUT2D eigenvalue weighted by atomic mass is 10.2. The second kappa shape index (κ2) is 7.33. The summed E-state index contributed by atoms with van der Waals surface area (Å²) in [6, 6.07) is -0.476. The van der Waals surface area contributed by atoms with E-state index >= 15 is 0 Å². The third-order valence-corrected chi connectivity index (χ3v) is 3.31. The Morgan fingerprint density at radius 3 is 2.39 bits per heavy atom. The molecule has 0 aromatic rings. The summed E-state index contributed by atoms with van der Waals surface area (Å²) in [6.45, 7) is 4.76. The van der Waals surface area contributed by atoms with E-state index in [9.17, 15) is 9.59 Å². The number of ether oxygens (including phenoxy) is 1. The van der Waals surface area contributed by atoms with Crippen LogP contribution in [0.2, 0.25) is 0 Å². The van der Waals surface area contributed by atoms with Crippen molar-refractivity contribution in [2.75, 3.05) is 39.9 Å². The van der Waals surface area contributed by atoms with E-state index in [0.717, 1.165) is 6.42 Å². The van der Waals surface area contributed by atoms with Gasteiger partial charge in [-0.25, -0.2) is 0 Å². The zero-order chi connectivity index (χ0) is 13.5. The van der Waals surface area contributed by atoms with Gasteiger partial charge in [-0.1, -0.05) is 0 Å². The Balaban J connectivity index is 2.30. The average Bonchev–Trinajstić information content (AvgIpc) is 2.38. The van der Waals surface area contributed by atoms with Crippen LogP contribution >= 0.6 is 0 Å². The predicted octanol–water partition coefficient (Wildman–Crippen LogP) is 0.0303. The van der Waals surface area contributed by atoms with Crippen LogP contribution in [0.5, 0.6) is 0 Å². The van der Waals surface area contributed by atoms with E-state index in [-0.39, 0.29) is 5.91 Å². The third kappa shape index (κ3) is 4.27. The summed E-state index contributed by atoms with van der Waals surface area (Å²) in [6.07, 6.45) is 1.24. The smallest absolute Gasteiger partial charge is 0.320 e. The van der Waals surface area contributed by atoms with Gasteiger partial charge in [-0.2, -0.15) is 0 Å². The van der Waals surface area contributed by atoms with Crippen LogP contribution in [-0.2, 0) is 14.3 Å². The number of carboxylic acids is 1. The minimum Gasteiger partial charge on any atom is -0.480 e. The minimum atomic E-state index is -0.810. The number of piperazine rings is 1. The molecule has 1 aliphatic heterocycles. The van der Waals surface area contributed by atoms with E-state index < -0.39 is 12.0 Å². The highest BCUT2D eigenvalue weighted by Crippen LogP contribution is 2.08. The van der Waals surface area contributed by atoms with Crippen LogP contribution in [0.15, 0.2) is 0 Å². The molecule has 1 N–H and O–H groups in total. The summed E-state index contributed by atoms with van der Waals surface area (Å²) >= 11 is 0. The van der Waals surface area contributed by atoms with Crippen molar-refractivity contribution in [2.24, 2.45) is 0 Å². The molecule has 18 heavy (non-hydrogen) atoms. The summed E-state index contributed by atoms with van der Waals surface area (Å²) in [4.78, 5) is 26.4. The van der Waals surface area contributed by atoms with Crippen molar-refractivity contribution in [3.63, 3.8) is 0 Å². The average molecular weight is 258 g/mol. The van der Waals surface area contributed by atoms with Crippen LogP contribution in [0, 0.1) is 0 Å². The molecule has 1 saturated heterocycles. The lowest BCUT2D eigenvalue weighted by Crippen LogP contribution is -2.53. The van der Waals surface area contributed by atoms with Gasteiger partial charge in [0.05, 0.1) is 0 Å². The number of rotatable bonds is 6. The second-order valence-corrected chi connectivity index (χ2v) is 4.53. The van der Waals surface area contributed by atoms with E-state index in [1.165, 1.54) is 0 Å². The summed E-state index contributed by atoms with van der Waals surface area (Å²) in [5.74, 6) is -0.676. The summed E-state index contributed by atoms with van der Waals surface area (Å²) in [7, 11) is 1.62. The third-order valence-electron chi connectivity index (χ3n) is 3.31. The monoisotopic (exact) mass is 258 g/mol. The minimum absolute atomic E-state index is 0.134. The Labute approximate surface area is 107 Å². The number of methoxy groups -OCH3 is 1. The number of hydrogen-bond donors (Lipinski definition) is 1. The van der Waals surface area contributed by atoms with Crippen molar-refractivity contribution >= 4 is 11.9 Å². The maximum absolute atomic E-state index is 11.8. The van der Waals surface area contributed by atoms with Crippen LogP contribution in [0.3, 0.4) is 0 Å². The van der Waals surface area contributed by atoms with Crippen molar-refractivity contribution in [3.05, 3.63) is 0 Å². The number of nitrogens with zero attached hydrogens (tertiary/aromatic N) is 2. The molecular formula is C12H22N2O4. The molecule has 0 aliphatic carbocycles. The fourth-order valence-corrected chi connectivity index (χ4v) is 2.04. The molecule has 6 heteroatoms. The first-order chi connectivity index (χ1) is 8.56.